The molecule has 0 bridgehead atoms. The van der Waals surface area contributed by atoms with Crippen molar-refractivity contribution in [1.29, 1.82) is 0 Å². The molecule has 0 spiro atoms. The fourth-order valence-corrected chi connectivity index (χ4v) is 1.78. The van der Waals surface area contributed by atoms with Gasteiger partial charge in [0.05, 0.1) is 5.69 Å². The minimum atomic E-state index is 0.267. The van der Waals surface area contributed by atoms with E-state index >= 15 is 0 Å². The zero-order valence-electron chi connectivity index (χ0n) is 10.7. The second kappa shape index (κ2) is 5.69. The van der Waals surface area contributed by atoms with Gasteiger partial charge in [0.1, 0.15) is 12.0 Å². The lowest BCUT2D eigenvalue weighted by atomic mass is 10.1. The van der Waals surface area contributed by atoms with E-state index in [0.717, 1.165) is 17.7 Å². The Labute approximate surface area is 107 Å². The number of hydrogen-bond acceptors (Lipinski definition) is 4. The molecule has 4 heteroatoms. The third-order valence-electron chi connectivity index (χ3n) is 2.87. The normalized spacial score (nSPS) is 12.6. The van der Waals surface area contributed by atoms with E-state index in [1.807, 2.05) is 19.2 Å². The molecular formula is C14H18N2O2. The first-order valence-corrected chi connectivity index (χ1v) is 6.06. The van der Waals surface area contributed by atoms with E-state index in [0.29, 0.717) is 18.4 Å². The molecule has 1 aromatic heterocycles. The van der Waals surface area contributed by atoms with Crippen LogP contribution in [0.4, 0.5) is 0 Å². The number of oxazole rings is 1. The average Bonchev–Trinajstić information content (AvgIpc) is 2.76. The van der Waals surface area contributed by atoms with Crippen LogP contribution in [0.1, 0.15) is 24.1 Å². The highest BCUT2D eigenvalue weighted by Crippen LogP contribution is 2.15. The van der Waals surface area contributed by atoms with E-state index in [9.17, 15) is 5.11 Å². The molecule has 0 aliphatic rings. The number of benzene rings is 1. The summed E-state index contributed by atoms with van der Waals surface area (Å²) in [5.74, 6) is 0.946. The van der Waals surface area contributed by atoms with Crippen molar-refractivity contribution in [1.82, 2.24) is 10.3 Å². The van der Waals surface area contributed by atoms with Gasteiger partial charge >= 0.3 is 0 Å². The summed E-state index contributed by atoms with van der Waals surface area (Å²) in [4.78, 5) is 4.43. The largest absolute Gasteiger partial charge is 0.508 e. The highest BCUT2D eigenvalue weighted by atomic mass is 16.3. The predicted molar refractivity (Wildman–Crippen MR) is 69.6 cm³/mol. The Balaban J connectivity index is 2.02. The zero-order chi connectivity index (χ0) is 13.0. The van der Waals surface area contributed by atoms with Crippen molar-refractivity contribution >= 4 is 0 Å². The van der Waals surface area contributed by atoms with Crippen molar-refractivity contribution in [3.8, 4) is 5.75 Å². The van der Waals surface area contributed by atoms with Crippen LogP contribution in [0.5, 0.6) is 5.75 Å². The molecule has 18 heavy (non-hydrogen) atoms. The number of phenolic OH excluding ortho intramolecular Hbond substituents is 1. The lowest BCUT2D eigenvalue weighted by Gasteiger charge is -2.05. The predicted octanol–water partition coefficient (Wildman–Crippen LogP) is 2.12. The molecule has 0 saturated heterocycles. The molecule has 1 atom stereocenters. The van der Waals surface area contributed by atoms with Gasteiger partial charge in [0.15, 0.2) is 5.89 Å². The summed E-state index contributed by atoms with van der Waals surface area (Å²) in [6, 6.07) is 7.51. The monoisotopic (exact) mass is 246 g/mol. The van der Waals surface area contributed by atoms with E-state index < -0.39 is 0 Å². The molecular weight excluding hydrogens is 228 g/mol. The van der Waals surface area contributed by atoms with Crippen molar-refractivity contribution in [2.45, 2.75) is 25.8 Å². The first-order chi connectivity index (χ1) is 8.67. The first kappa shape index (κ1) is 12.6. The Morgan fingerprint density at radius 1 is 1.44 bits per heavy atom. The van der Waals surface area contributed by atoms with Crippen LogP contribution in [0.3, 0.4) is 0 Å². The Bertz CT molecular complexity index is 508. The van der Waals surface area contributed by atoms with Gasteiger partial charge in [-0.05, 0) is 31.7 Å². The fraction of sp³-hybridized carbons (Fsp3) is 0.357. The Kier molecular flexibility index (Phi) is 3.99. The molecule has 1 heterocycles. The molecule has 96 valence electrons. The SMILES string of the molecule is CNC(C)Cc1coc(Cc2cccc(O)c2)n1. The molecule has 0 radical (unpaired) electrons. The van der Waals surface area contributed by atoms with Crippen LogP contribution in [-0.2, 0) is 12.8 Å². The summed E-state index contributed by atoms with van der Waals surface area (Å²) < 4.78 is 5.43. The van der Waals surface area contributed by atoms with Gasteiger partial charge in [-0.15, -0.1) is 0 Å². The molecule has 2 aromatic rings. The number of aromatic hydroxyl groups is 1. The topological polar surface area (TPSA) is 58.3 Å². The summed E-state index contributed by atoms with van der Waals surface area (Å²) in [7, 11) is 1.93. The molecule has 0 aliphatic heterocycles. The molecule has 0 aliphatic carbocycles. The third kappa shape index (κ3) is 3.34. The third-order valence-corrected chi connectivity index (χ3v) is 2.87. The lowest BCUT2D eigenvalue weighted by Crippen LogP contribution is -2.23. The van der Waals surface area contributed by atoms with Gasteiger partial charge in [0, 0.05) is 18.9 Å². The molecule has 2 N–H and O–H groups in total. The quantitative estimate of drug-likeness (QED) is 0.848. The smallest absolute Gasteiger partial charge is 0.198 e. The highest BCUT2D eigenvalue weighted by Gasteiger charge is 2.08. The minimum Gasteiger partial charge on any atom is -0.508 e. The summed E-state index contributed by atoms with van der Waals surface area (Å²) in [5, 5.41) is 12.6. The van der Waals surface area contributed by atoms with Crippen molar-refractivity contribution in [3.63, 3.8) is 0 Å². The van der Waals surface area contributed by atoms with Crippen LogP contribution in [0.15, 0.2) is 34.9 Å². The standard InChI is InChI=1S/C14H18N2O2/c1-10(15-2)6-12-9-18-14(16-12)8-11-4-3-5-13(17)7-11/h3-5,7,9-10,15,17H,6,8H2,1-2H3. The molecule has 0 saturated carbocycles. The summed E-state index contributed by atoms with van der Waals surface area (Å²) >= 11 is 0. The lowest BCUT2D eigenvalue weighted by molar-refractivity contribution is 0.473. The number of hydrogen-bond donors (Lipinski definition) is 2. The molecule has 2 rings (SSSR count). The van der Waals surface area contributed by atoms with Gasteiger partial charge in [0.2, 0.25) is 0 Å². The van der Waals surface area contributed by atoms with Gasteiger partial charge in [-0.3, -0.25) is 0 Å². The van der Waals surface area contributed by atoms with E-state index in [1.54, 1.807) is 18.4 Å². The number of rotatable bonds is 5. The van der Waals surface area contributed by atoms with Crippen molar-refractivity contribution in [2.75, 3.05) is 7.05 Å². The molecule has 0 amide bonds. The van der Waals surface area contributed by atoms with E-state index in [-0.39, 0.29) is 5.75 Å². The number of aromatic nitrogens is 1. The second-order valence-electron chi connectivity index (χ2n) is 4.47. The first-order valence-electron chi connectivity index (χ1n) is 6.06. The van der Waals surface area contributed by atoms with Crippen molar-refractivity contribution in [2.24, 2.45) is 0 Å². The van der Waals surface area contributed by atoms with Gasteiger partial charge in [-0.25, -0.2) is 4.98 Å². The van der Waals surface area contributed by atoms with Gasteiger partial charge in [-0.2, -0.15) is 0 Å². The molecule has 1 aromatic carbocycles. The molecule has 4 nitrogen and oxygen atoms in total. The Morgan fingerprint density at radius 3 is 3.00 bits per heavy atom. The Hall–Kier alpha value is -1.81. The van der Waals surface area contributed by atoms with Gasteiger partial charge < -0.3 is 14.8 Å². The van der Waals surface area contributed by atoms with Gasteiger partial charge in [0.25, 0.3) is 0 Å². The van der Waals surface area contributed by atoms with Crippen LogP contribution in [0.25, 0.3) is 0 Å². The van der Waals surface area contributed by atoms with E-state index in [2.05, 4.69) is 17.2 Å². The number of likely N-dealkylation sites (N-methyl/N-ethyl adjacent to an activating group) is 1. The van der Waals surface area contributed by atoms with Crippen LogP contribution < -0.4 is 5.32 Å². The summed E-state index contributed by atoms with van der Waals surface area (Å²) in [5.41, 5.74) is 1.94. The summed E-state index contributed by atoms with van der Waals surface area (Å²) in [6.45, 7) is 2.10. The van der Waals surface area contributed by atoms with E-state index in [4.69, 9.17) is 4.42 Å². The van der Waals surface area contributed by atoms with E-state index in [1.165, 1.54) is 0 Å². The maximum Gasteiger partial charge on any atom is 0.198 e. The zero-order valence-corrected chi connectivity index (χ0v) is 10.7. The van der Waals surface area contributed by atoms with Gasteiger partial charge in [-0.1, -0.05) is 12.1 Å². The van der Waals surface area contributed by atoms with Crippen LogP contribution in [0.2, 0.25) is 0 Å². The van der Waals surface area contributed by atoms with Crippen LogP contribution in [-0.4, -0.2) is 23.2 Å². The average molecular weight is 246 g/mol. The van der Waals surface area contributed by atoms with Crippen LogP contribution >= 0.6 is 0 Å². The number of phenols is 1. The molecule has 1 unspecified atom stereocenters. The maximum absolute atomic E-state index is 9.39. The van der Waals surface area contributed by atoms with Crippen molar-refractivity contribution < 1.29 is 9.52 Å². The van der Waals surface area contributed by atoms with Crippen LogP contribution in [0, 0.1) is 0 Å². The minimum absolute atomic E-state index is 0.267. The summed E-state index contributed by atoms with van der Waals surface area (Å²) in [6.07, 6.45) is 3.15. The highest BCUT2D eigenvalue weighted by molar-refractivity contribution is 5.28. The fourth-order valence-electron chi connectivity index (χ4n) is 1.78. The number of nitrogens with one attached hydrogen (secondary N) is 1. The molecule has 0 fully saturated rings. The maximum atomic E-state index is 9.39. The number of nitrogens with zero attached hydrogens (tertiary/aromatic N) is 1. The van der Waals surface area contributed by atoms with Crippen molar-refractivity contribution in [3.05, 3.63) is 47.7 Å². The Morgan fingerprint density at radius 2 is 2.28 bits per heavy atom. The second-order valence-corrected chi connectivity index (χ2v) is 4.47.